The van der Waals surface area contributed by atoms with Crippen molar-refractivity contribution in [2.24, 2.45) is 5.92 Å². The fourth-order valence-electron chi connectivity index (χ4n) is 6.71. The van der Waals surface area contributed by atoms with Gasteiger partial charge in [-0.2, -0.15) is 0 Å². The van der Waals surface area contributed by atoms with Gasteiger partial charge in [0.15, 0.2) is 0 Å². The number of esters is 3. The number of fused-ring (bicyclic) bond motifs is 1. The molecule has 4 unspecified atom stereocenters. The molecule has 1 saturated heterocycles. The number of hydrogen-bond donors (Lipinski definition) is 1. The number of carbonyl (C=O) groups is 3. The molecule has 2 aliphatic rings. The van der Waals surface area contributed by atoms with Crippen molar-refractivity contribution < 1.29 is 47.9 Å². The quantitative estimate of drug-likeness (QED) is 0.0464. The summed E-state index contributed by atoms with van der Waals surface area (Å²) >= 11 is 0. The number of benzene rings is 4. The highest BCUT2D eigenvalue weighted by molar-refractivity contribution is 5.93. The lowest BCUT2D eigenvalue weighted by atomic mass is 9.90. The largest absolute Gasteiger partial charge is 0.493 e. The van der Waals surface area contributed by atoms with E-state index in [1.807, 2.05) is 24.3 Å². The molecule has 1 saturated carbocycles. The van der Waals surface area contributed by atoms with E-state index in [0.717, 1.165) is 56.4 Å². The molecule has 4 atom stereocenters. The smallest absolute Gasteiger partial charge is 0.343 e. The van der Waals surface area contributed by atoms with Gasteiger partial charge in [-0.1, -0.05) is 31.2 Å². The van der Waals surface area contributed by atoms with Crippen LogP contribution in [0.2, 0.25) is 0 Å². The summed E-state index contributed by atoms with van der Waals surface area (Å²) in [6.07, 6.45) is 8.07. The van der Waals surface area contributed by atoms with Crippen LogP contribution in [0.4, 0.5) is 0 Å². The van der Waals surface area contributed by atoms with Gasteiger partial charge in [0.25, 0.3) is 0 Å². The zero-order valence-corrected chi connectivity index (χ0v) is 30.9. The molecule has 0 amide bonds. The fourth-order valence-corrected chi connectivity index (χ4v) is 6.71. The highest BCUT2D eigenvalue weighted by atomic mass is 16.6. The maximum absolute atomic E-state index is 12.9. The highest BCUT2D eigenvalue weighted by Gasteiger charge is 2.43. The van der Waals surface area contributed by atoms with Crippen LogP contribution in [0, 0.1) is 5.92 Å². The van der Waals surface area contributed by atoms with E-state index in [2.05, 4.69) is 6.92 Å². The first-order valence-electron chi connectivity index (χ1n) is 18.8. The Labute approximate surface area is 316 Å². The minimum atomic E-state index is -0.599. The van der Waals surface area contributed by atoms with Crippen LogP contribution in [0.1, 0.15) is 95.7 Å². The first-order chi connectivity index (χ1) is 26.2. The molecule has 1 aliphatic heterocycles. The van der Waals surface area contributed by atoms with Crippen molar-refractivity contribution in [3.8, 4) is 23.0 Å². The van der Waals surface area contributed by atoms with E-state index in [-0.39, 0.29) is 29.8 Å². The fraction of sp³-hybridized carbons (Fsp3) is 0.386. The van der Waals surface area contributed by atoms with E-state index >= 15 is 0 Å². The van der Waals surface area contributed by atoms with Gasteiger partial charge in [-0.05, 0) is 135 Å². The summed E-state index contributed by atoms with van der Waals surface area (Å²) in [6.45, 7) is 5.26. The Morgan fingerprint density at radius 3 is 2.06 bits per heavy atom. The number of ether oxygens (including phenoxy) is 6. The first kappa shape index (κ1) is 38.7. The molecule has 4 aromatic rings. The number of unbranched alkanes of at least 4 members (excludes halogenated alkanes) is 2. The summed E-state index contributed by atoms with van der Waals surface area (Å²) in [7, 11) is 0. The molecule has 284 valence electrons. The Bertz CT molecular complexity index is 1850. The van der Waals surface area contributed by atoms with E-state index in [1.165, 1.54) is 44.0 Å². The van der Waals surface area contributed by atoms with Crippen molar-refractivity contribution in [2.45, 2.75) is 83.5 Å². The van der Waals surface area contributed by atoms with E-state index in [9.17, 15) is 19.5 Å². The van der Waals surface area contributed by atoms with Crippen molar-refractivity contribution in [2.75, 3.05) is 19.8 Å². The summed E-state index contributed by atoms with van der Waals surface area (Å²) in [5.41, 5.74) is 3.26. The lowest BCUT2D eigenvalue weighted by molar-refractivity contribution is -0.131. The zero-order chi connectivity index (χ0) is 37.9. The third-order valence-corrected chi connectivity index (χ3v) is 9.81. The van der Waals surface area contributed by atoms with Crippen LogP contribution in [-0.4, -0.2) is 55.0 Å². The monoisotopic (exact) mass is 736 g/mol. The molecule has 0 radical (unpaired) electrons. The second-order valence-corrected chi connectivity index (χ2v) is 14.1. The van der Waals surface area contributed by atoms with Crippen molar-refractivity contribution in [1.29, 1.82) is 0 Å². The molecule has 4 aromatic carbocycles. The summed E-state index contributed by atoms with van der Waals surface area (Å²) in [5.74, 6) is 1.06. The number of epoxide rings is 1. The van der Waals surface area contributed by atoms with Crippen molar-refractivity contribution in [3.05, 3.63) is 119 Å². The second kappa shape index (κ2) is 18.8. The second-order valence-electron chi connectivity index (χ2n) is 14.1. The summed E-state index contributed by atoms with van der Waals surface area (Å²) in [4.78, 5) is 36.9. The van der Waals surface area contributed by atoms with Crippen LogP contribution in [0.5, 0.6) is 23.0 Å². The normalized spacial score (nSPS) is 17.9. The molecule has 2 fully saturated rings. The van der Waals surface area contributed by atoms with Gasteiger partial charge in [0.05, 0.1) is 36.5 Å². The number of rotatable bonds is 18. The maximum Gasteiger partial charge on any atom is 0.343 e. The summed E-state index contributed by atoms with van der Waals surface area (Å²) in [6, 6.07) is 25.8. The number of aliphatic hydroxyl groups is 1. The van der Waals surface area contributed by atoms with Gasteiger partial charge >= 0.3 is 17.9 Å². The molecule has 10 heteroatoms. The van der Waals surface area contributed by atoms with Crippen molar-refractivity contribution >= 4 is 17.9 Å². The van der Waals surface area contributed by atoms with Gasteiger partial charge < -0.3 is 33.5 Å². The molecule has 0 aromatic heterocycles. The SMILES string of the molecule is CC(=O)Oc1ccc(C(C)Cc2ccc(OC(=O)c3ccc(OC(=O)c4ccc(OCCCCCOCC5CCC6OC6C5)c(CO)c4)cc3)cc2)cc1. The van der Waals surface area contributed by atoms with Crippen LogP contribution in [0.25, 0.3) is 0 Å². The minimum Gasteiger partial charge on any atom is -0.493 e. The van der Waals surface area contributed by atoms with Crippen LogP contribution in [0.3, 0.4) is 0 Å². The van der Waals surface area contributed by atoms with E-state index in [1.54, 1.807) is 42.5 Å². The lowest BCUT2D eigenvalue weighted by Gasteiger charge is -2.18. The number of hydrogen-bond acceptors (Lipinski definition) is 10. The predicted octanol–water partition coefficient (Wildman–Crippen LogP) is 8.02. The Hall–Kier alpha value is -5.03. The van der Waals surface area contributed by atoms with Gasteiger partial charge in [0.1, 0.15) is 23.0 Å². The molecule has 1 heterocycles. The Balaban J connectivity index is 0.900. The Morgan fingerprint density at radius 1 is 0.741 bits per heavy atom. The van der Waals surface area contributed by atoms with Crippen LogP contribution in [-0.2, 0) is 27.3 Å². The van der Waals surface area contributed by atoms with Gasteiger partial charge in [-0.3, -0.25) is 4.79 Å². The average Bonchev–Trinajstić information content (AvgIpc) is 3.96. The van der Waals surface area contributed by atoms with Gasteiger partial charge in [-0.25, -0.2) is 9.59 Å². The topological polar surface area (TPSA) is 130 Å². The van der Waals surface area contributed by atoms with Crippen LogP contribution >= 0.6 is 0 Å². The highest BCUT2D eigenvalue weighted by Crippen LogP contribution is 2.39. The van der Waals surface area contributed by atoms with E-state index < -0.39 is 11.9 Å². The standard InChI is InChI=1S/C44H48O10/c1-29(33-9-16-37(17-10-33)51-30(2)46)24-31-6-14-38(15-7-31)52-43(47)34-11-18-39(19-12-34)53-44(48)35-13-21-40(36(26-35)27-45)50-23-5-3-4-22-49-28-32-8-20-41-42(25-32)54-41/h6-7,9-19,21,26,29,32,41-42,45H,3-5,8,20,22-25,27-28H2,1-2H3. The average molecular weight is 737 g/mol. The molecule has 54 heavy (non-hydrogen) atoms. The van der Waals surface area contributed by atoms with E-state index in [4.69, 9.17) is 28.4 Å². The molecule has 0 spiro atoms. The molecule has 6 rings (SSSR count). The number of aliphatic hydroxyl groups excluding tert-OH is 1. The molecule has 0 bridgehead atoms. The maximum atomic E-state index is 12.9. The molecule has 1 N–H and O–H groups in total. The summed E-state index contributed by atoms with van der Waals surface area (Å²) in [5, 5.41) is 9.94. The zero-order valence-electron chi connectivity index (χ0n) is 30.9. The molecule has 10 nitrogen and oxygen atoms in total. The molecular formula is C44H48O10. The molecule has 1 aliphatic carbocycles. The Morgan fingerprint density at radius 2 is 1.37 bits per heavy atom. The van der Waals surface area contributed by atoms with E-state index in [0.29, 0.717) is 53.1 Å². The third-order valence-electron chi connectivity index (χ3n) is 9.81. The van der Waals surface area contributed by atoms with Crippen LogP contribution in [0.15, 0.2) is 91.0 Å². The summed E-state index contributed by atoms with van der Waals surface area (Å²) < 4.78 is 33.6. The third kappa shape index (κ3) is 11.2. The number of carbonyl (C=O) groups excluding carboxylic acids is 3. The minimum absolute atomic E-state index is 0.219. The van der Waals surface area contributed by atoms with Crippen LogP contribution < -0.4 is 18.9 Å². The molecular weight excluding hydrogens is 688 g/mol. The van der Waals surface area contributed by atoms with Gasteiger partial charge in [-0.15, -0.1) is 0 Å². The Kier molecular flexibility index (Phi) is 13.5. The van der Waals surface area contributed by atoms with Gasteiger partial charge in [0, 0.05) is 25.7 Å². The lowest BCUT2D eigenvalue weighted by Crippen LogP contribution is -2.18. The van der Waals surface area contributed by atoms with Crippen molar-refractivity contribution in [1.82, 2.24) is 0 Å². The van der Waals surface area contributed by atoms with Crippen molar-refractivity contribution in [3.63, 3.8) is 0 Å². The predicted molar refractivity (Wildman–Crippen MR) is 201 cm³/mol. The van der Waals surface area contributed by atoms with Gasteiger partial charge in [0.2, 0.25) is 0 Å². The first-order valence-corrected chi connectivity index (χ1v) is 18.8.